The van der Waals surface area contributed by atoms with Crippen molar-refractivity contribution in [3.63, 3.8) is 0 Å². The van der Waals surface area contributed by atoms with Crippen molar-refractivity contribution in [2.45, 2.75) is 6.54 Å². The maximum absolute atomic E-state index is 4.86. The summed E-state index contributed by atoms with van der Waals surface area (Å²) in [6.45, 7) is 0.812. The fraction of sp³-hybridized carbons (Fsp3) is 0.120. The van der Waals surface area contributed by atoms with Gasteiger partial charge in [-0.15, -0.1) is 0 Å². The molecule has 0 unspecified atom stereocenters. The molecule has 9 nitrogen and oxygen atoms in total. The van der Waals surface area contributed by atoms with E-state index in [9.17, 15) is 0 Å². The molecule has 0 aromatic carbocycles. The van der Waals surface area contributed by atoms with Crippen LogP contribution < -0.4 is 0 Å². The zero-order chi connectivity index (χ0) is 23.1. The summed E-state index contributed by atoms with van der Waals surface area (Å²) in [5.41, 5.74) is 7.83. The zero-order valence-electron chi connectivity index (χ0n) is 18.7. The van der Waals surface area contributed by atoms with Crippen LogP contribution in [0.2, 0.25) is 0 Å². The van der Waals surface area contributed by atoms with Gasteiger partial charge in [0.25, 0.3) is 0 Å². The molecule has 0 bridgehead atoms. The van der Waals surface area contributed by atoms with Gasteiger partial charge in [0.05, 0.1) is 28.6 Å². The smallest absolute Gasteiger partial charge is 0.159 e. The van der Waals surface area contributed by atoms with Crippen LogP contribution in [0.25, 0.3) is 56.0 Å². The molecule has 2 N–H and O–H groups in total. The number of nitrogens with zero attached hydrogens (tertiary/aromatic N) is 7. The van der Waals surface area contributed by atoms with Crippen molar-refractivity contribution in [3.8, 4) is 34.0 Å². The molecule has 0 aliphatic heterocycles. The molecule has 0 saturated carbocycles. The molecule has 0 fully saturated rings. The van der Waals surface area contributed by atoms with E-state index in [0.717, 1.165) is 62.3 Å². The highest BCUT2D eigenvalue weighted by Gasteiger charge is 2.17. The largest absolute Gasteiger partial charge is 0.336 e. The third kappa shape index (κ3) is 3.57. The van der Waals surface area contributed by atoms with Gasteiger partial charge in [0.2, 0.25) is 0 Å². The first-order valence-electron chi connectivity index (χ1n) is 10.8. The number of rotatable bonds is 5. The van der Waals surface area contributed by atoms with E-state index < -0.39 is 0 Å². The fourth-order valence-electron chi connectivity index (χ4n) is 4.10. The van der Waals surface area contributed by atoms with Crippen molar-refractivity contribution in [1.82, 2.24) is 45.0 Å². The van der Waals surface area contributed by atoms with E-state index in [2.05, 4.69) is 46.1 Å². The molecular formula is C25H21N9. The van der Waals surface area contributed by atoms with Crippen molar-refractivity contribution in [2.24, 2.45) is 0 Å². The van der Waals surface area contributed by atoms with Gasteiger partial charge in [-0.05, 0) is 50.0 Å². The van der Waals surface area contributed by atoms with Crippen LogP contribution in [0.15, 0.2) is 67.5 Å². The van der Waals surface area contributed by atoms with Crippen molar-refractivity contribution in [3.05, 3.63) is 73.1 Å². The highest BCUT2D eigenvalue weighted by atomic mass is 15.1. The van der Waals surface area contributed by atoms with E-state index in [1.54, 1.807) is 24.8 Å². The van der Waals surface area contributed by atoms with Crippen LogP contribution in [0.5, 0.6) is 0 Å². The Morgan fingerprint density at radius 2 is 1.76 bits per heavy atom. The van der Waals surface area contributed by atoms with Gasteiger partial charge in [-0.1, -0.05) is 0 Å². The Kier molecular flexibility index (Phi) is 4.81. The summed E-state index contributed by atoms with van der Waals surface area (Å²) in [5.74, 6) is 0.663. The Morgan fingerprint density at radius 1 is 0.853 bits per heavy atom. The van der Waals surface area contributed by atoms with Crippen LogP contribution in [0.4, 0.5) is 0 Å². The Labute approximate surface area is 195 Å². The number of imidazole rings is 1. The average molecular weight is 448 g/mol. The molecule has 166 valence electrons. The van der Waals surface area contributed by atoms with Crippen LogP contribution >= 0.6 is 0 Å². The molecule has 0 radical (unpaired) electrons. The van der Waals surface area contributed by atoms with Crippen LogP contribution in [0, 0.1) is 0 Å². The maximum Gasteiger partial charge on any atom is 0.159 e. The molecule has 0 aliphatic rings. The number of nitrogens with one attached hydrogen (secondary N) is 2. The molecule has 6 aromatic heterocycles. The summed E-state index contributed by atoms with van der Waals surface area (Å²) in [4.78, 5) is 28.2. The van der Waals surface area contributed by atoms with Crippen molar-refractivity contribution < 1.29 is 0 Å². The van der Waals surface area contributed by atoms with E-state index in [1.165, 1.54) is 0 Å². The van der Waals surface area contributed by atoms with E-state index in [4.69, 9.17) is 4.98 Å². The molecule has 0 atom stereocenters. The summed E-state index contributed by atoms with van der Waals surface area (Å²) >= 11 is 0. The van der Waals surface area contributed by atoms with Gasteiger partial charge in [-0.3, -0.25) is 25.0 Å². The van der Waals surface area contributed by atoms with Crippen molar-refractivity contribution in [1.29, 1.82) is 0 Å². The number of hydrogen-bond acceptors (Lipinski definition) is 7. The number of pyridine rings is 4. The number of hydrogen-bond donors (Lipinski definition) is 2. The number of aromatic amines is 2. The predicted octanol–water partition coefficient (Wildman–Crippen LogP) is 4.08. The first-order chi connectivity index (χ1) is 16.7. The summed E-state index contributed by atoms with van der Waals surface area (Å²) in [6.07, 6.45) is 10.8. The Morgan fingerprint density at radius 3 is 2.62 bits per heavy atom. The van der Waals surface area contributed by atoms with Gasteiger partial charge in [0.15, 0.2) is 5.82 Å². The first kappa shape index (κ1) is 20.1. The molecule has 6 aromatic rings. The number of fused-ring (bicyclic) bond motifs is 2. The molecule has 0 spiro atoms. The minimum absolute atomic E-state index is 0.663. The average Bonchev–Trinajstić information content (AvgIpc) is 3.48. The van der Waals surface area contributed by atoms with Gasteiger partial charge in [-0.25, -0.2) is 4.98 Å². The minimum atomic E-state index is 0.663. The van der Waals surface area contributed by atoms with Gasteiger partial charge < -0.3 is 9.88 Å². The highest BCUT2D eigenvalue weighted by molar-refractivity contribution is 5.96. The first-order valence-corrected chi connectivity index (χ1v) is 10.8. The van der Waals surface area contributed by atoms with Gasteiger partial charge >= 0.3 is 0 Å². The summed E-state index contributed by atoms with van der Waals surface area (Å²) in [6, 6.07) is 9.92. The van der Waals surface area contributed by atoms with Gasteiger partial charge in [0, 0.05) is 54.0 Å². The zero-order valence-corrected chi connectivity index (χ0v) is 18.7. The number of aromatic nitrogens is 8. The summed E-state index contributed by atoms with van der Waals surface area (Å²) in [7, 11) is 4.08. The maximum atomic E-state index is 4.86. The van der Waals surface area contributed by atoms with Crippen molar-refractivity contribution >= 4 is 21.9 Å². The number of H-pyrrole nitrogens is 2. The summed E-state index contributed by atoms with van der Waals surface area (Å²) in [5, 5.41) is 8.54. The second-order valence-corrected chi connectivity index (χ2v) is 8.39. The fourth-order valence-corrected chi connectivity index (χ4v) is 4.10. The predicted molar refractivity (Wildman–Crippen MR) is 131 cm³/mol. The minimum Gasteiger partial charge on any atom is -0.336 e. The van der Waals surface area contributed by atoms with E-state index >= 15 is 0 Å². The lowest BCUT2D eigenvalue weighted by molar-refractivity contribution is 0.402. The molecule has 6 rings (SSSR count). The lowest BCUT2D eigenvalue weighted by Gasteiger charge is -2.10. The van der Waals surface area contributed by atoms with E-state index in [-0.39, 0.29) is 0 Å². The molecule has 6 heterocycles. The Bertz CT molecular complexity index is 1620. The lowest BCUT2D eigenvalue weighted by Crippen LogP contribution is -2.10. The molecule has 0 amide bonds. The lowest BCUT2D eigenvalue weighted by atomic mass is 10.1. The molecular weight excluding hydrogens is 426 g/mol. The van der Waals surface area contributed by atoms with Gasteiger partial charge in [-0.2, -0.15) is 5.10 Å². The van der Waals surface area contributed by atoms with Crippen LogP contribution in [0.1, 0.15) is 5.56 Å². The van der Waals surface area contributed by atoms with E-state index in [1.807, 2.05) is 50.8 Å². The van der Waals surface area contributed by atoms with E-state index in [0.29, 0.717) is 5.82 Å². The summed E-state index contributed by atoms with van der Waals surface area (Å²) < 4.78 is 0. The standard InChI is InChI=1S/C25H21N9/c1-34(2)14-15-8-17(12-27-10-15)20-9-18-21(13-29-20)32-33-23(18)25-30-19-5-7-28-22(24(19)31-25)16-4-3-6-26-11-16/h3-13H,14H2,1-2H3,(H,30,31)(H,32,33). The Balaban J connectivity index is 1.45. The van der Waals surface area contributed by atoms with Gasteiger partial charge in [0.1, 0.15) is 11.2 Å². The molecule has 9 heteroatoms. The second-order valence-electron chi connectivity index (χ2n) is 8.39. The second kappa shape index (κ2) is 8.13. The third-order valence-corrected chi connectivity index (χ3v) is 5.60. The Hall–Kier alpha value is -4.50. The quantitative estimate of drug-likeness (QED) is 0.409. The normalized spacial score (nSPS) is 11.6. The van der Waals surface area contributed by atoms with Crippen LogP contribution in [-0.4, -0.2) is 59.1 Å². The molecule has 0 saturated heterocycles. The molecule has 0 aliphatic carbocycles. The van der Waals surface area contributed by atoms with Crippen LogP contribution in [-0.2, 0) is 6.54 Å². The molecule has 34 heavy (non-hydrogen) atoms. The third-order valence-electron chi connectivity index (χ3n) is 5.60. The van der Waals surface area contributed by atoms with Crippen LogP contribution in [0.3, 0.4) is 0 Å². The van der Waals surface area contributed by atoms with Crippen molar-refractivity contribution in [2.75, 3.05) is 14.1 Å². The SMILES string of the molecule is CN(C)Cc1cncc(-c2cc3c(-c4nc5c(-c6cccnc6)nccc5[nH]4)n[nH]c3cn2)c1. The monoisotopic (exact) mass is 447 g/mol. The topological polar surface area (TPSA) is 112 Å². The highest BCUT2D eigenvalue weighted by Crippen LogP contribution is 2.31.